The summed E-state index contributed by atoms with van der Waals surface area (Å²) in [5, 5.41) is 4.07. The standard InChI is InChI=1S/C15H19N3O3/c1-19-12-6-10(7-13(8-12)20-2)14-17-15(21-18-14)9-3-4-11(16)5-9/h6-9,11H,3-5,16H2,1-2H3/t9-,11+/m1/s1. The second-order valence-corrected chi connectivity index (χ2v) is 5.33. The molecule has 6 heteroatoms. The van der Waals surface area contributed by atoms with E-state index in [1.807, 2.05) is 12.1 Å². The third kappa shape index (κ3) is 2.85. The fourth-order valence-corrected chi connectivity index (χ4v) is 2.70. The van der Waals surface area contributed by atoms with Crippen molar-refractivity contribution in [2.75, 3.05) is 14.2 Å². The van der Waals surface area contributed by atoms with E-state index in [0.717, 1.165) is 24.8 Å². The quantitative estimate of drug-likeness (QED) is 0.930. The van der Waals surface area contributed by atoms with Gasteiger partial charge in [0.25, 0.3) is 0 Å². The number of nitrogens with two attached hydrogens (primary N) is 1. The maximum atomic E-state index is 5.93. The first-order valence-electron chi connectivity index (χ1n) is 7.02. The van der Waals surface area contributed by atoms with Gasteiger partial charge in [0.1, 0.15) is 11.5 Å². The lowest BCUT2D eigenvalue weighted by molar-refractivity contribution is 0.353. The Hall–Kier alpha value is -2.08. The molecule has 1 heterocycles. The fraction of sp³-hybridized carbons (Fsp3) is 0.467. The molecule has 3 rings (SSSR count). The summed E-state index contributed by atoms with van der Waals surface area (Å²) in [6.07, 6.45) is 2.92. The van der Waals surface area contributed by atoms with E-state index < -0.39 is 0 Å². The summed E-state index contributed by atoms with van der Waals surface area (Å²) >= 11 is 0. The highest BCUT2D eigenvalue weighted by atomic mass is 16.5. The zero-order valence-corrected chi connectivity index (χ0v) is 12.2. The van der Waals surface area contributed by atoms with Crippen molar-refractivity contribution in [3.63, 3.8) is 0 Å². The molecule has 0 amide bonds. The maximum Gasteiger partial charge on any atom is 0.230 e. The molecule has 2 aromatic rings. The molecule has 2 N–H and O–H groups in total. The predicted molar refractivity (Wildman–Crippen MR) is 77.4 cm³/mol. The zero-order chi connectivity index (χ0) is 14.8. The van der Waals surface area contributed by atoms with E-state index >= 15 is 0 Å². The molecule has 1 aliphatic carbocycles. The lowest BCUT2D eigenvalue weighted by atomic mass is 10.1. The van der Waals surface area contributed by atoms with E-state index in [1.165, 1.54) is 0 Å². The van der Waals surface area contributed by atoms with Gasteiger partial charge in [-0.05, 0) is 31.4 Å². The van der Waals surface area contributed by atoms with Crippen molar-refractivity contribution in [1.82, 2.24) is 10.1 Å². The van der Waals surface area contributed by atoms with Crippen molar-refractivity contribution in [3.05, 3.63) is 24.1 Å². The molecular weight excluding hydrogens is 270 g/mol. The highest BCUT2D eigenvalue weighted by Gasteiger charge is 2.28. The van der Waals surface area contributed by atoms with Crippen LogP contribution in [-0.2, 0) is 0 Å². The van der Waals surface area contributed by atoms with Crippen LogP contribution in [0.25, 0.3) is 11.4 Å². The predicted octanol–water partition coefficient (Wildman–Crippen LogP) is 2.35. The summed E-state index contributed by atoms with van der Waals surface area (Å²) in [7, 11) is 3.22. The summed E-state index contributed by atoms with van der Waals surface area (Å²) in [6.45, 7) is 0. The van der Waals surface area contributed by atoms with Crippen molar-refractivity contribution in [3.8, 4) is 22.9 Å². The third-order valence-electron chi connectivity index (χ3n) is 3.87. The van der Waals surface area contributed by atoms with Crippen LogP contribution in [0.3, 0.4) is 0 Å². The molecule has 1 aromatic carbocycles. The molecule has 112 valence electrons. The summed E-state index contributed by atoms with van der Waals surface area (Å²) in [6, 6.07) is 5.76. The van der Waals surface area contributed by atoms with E-state index in [9.17, 15) is 0 Å². The molecule has 1 fully saturated rings. The molecule has 0 saturated heterocycles. The largest absolute Gasteiger partial charge is 0.497 e. The highest BCUT2D eigenvalue weighted by Crippen LogP contribution is 2.34. The number of rotatable bonds is 4. The molecule has 0 unspecified atom stereocenters. The van der Waals surface area contributed by atoms with E-state index in [2.05, 4.69) is 10.1 Å². The van der Waals surface area contributed by atoms with Crippen LogP contribution < -0.4 is 15.2 Å². The molecule has 0 spiro atoms. The van der Waals surface area contributed by atoms with E-state index in [4.69, 9.17) is 19.7 Å². The lowest BCUT2D eigenvalue weighted by Crippen LogP contribution is -2.14. The van der Waals surface area contributed by atoms with Gasteiger partial charge in [0.05, 0.1) is 14.2 Å². The van der Waals surface area contributed by atoms with Crippen LogP contribution in [0.5, 0.6) is 11.5 Å². The van der Waals surface area contributed by atoms with E-state index in [1.54, 1.807) is 20.3 Å². The first-order chi connectivity index (χ1) is 10.2. The zero-order valence-electron chi connectivity index (χ0n) is 12.2. The average Bonchev–Trinajstić information content (AvgIpc) is 3.15. The first kappa shape index (κ1) is 13.9. The van der Waals surface area contributed by atoms with Crippen molar-refractivity contribution in [1.29, 1.82) is 0 Å². The third-order valence-corrected chi connectivity index (χ3v) is 3.87. The van der Waals surface area contributed by atoms with E-state index in [-0.39, 0.29) is 12.0 Å². The van der Waals surface area contributed by atoms with Gasteiger partial charge >= 0.3 is 0 Å². The van der Waals surface area contributed by atoms with Gasteiger partial charge in [-0.25, -0.2) is 0 Å². The van der Waals surface area contributed by atoms with Crippen LogP contribution in [-0.4, -0.2) is 30.4 Å². The Bertz CT molecular complexity index is 604. The summed E-state index contributed by atoms with van der Waals surface area (Å²) < 4.78 is 15.9. The van der Waals surface area contributed by atoms with Crippen LogP contribution in [0.4, 0.5) is 0 Å². The Labute approximate surface area is 123 Å². The number of hydrogen-bond acceptors (Lipinski definition) is 6. The minimum Gasteiger partial charge on any atom is -0.497 e. The Morgan fingerprint density at radius 1 is 1.14 bits per heavy atom. The van der Waals surface area contributed by atoms with Crippen LogP contribution >= 0.6 is 0 Å². The second kappa shape index (κ2) is 5.73. The molecule has 1 saturated carbocycles. The minimum absolute atomic E-state index is 0.238. The van der Waals surface area contributed by atoms with Crippen LogP contribution in [0.15, 0.2) is 22.7 Å². The molecule has 1 aromatic heterocycles. The van der Waals surface area contributed by atoms with Gasteiger partial charge in [-0.1, -0.05) is 5.16 Å². The second-order valence-electron chi connectivity index (χ2n) is 5.33. The minimum atomic E-state index is 0.238. The highest BCUT2D eigenvalue weighted by molar-refractivity contribution is 5.60. The number of benzene rings is 1. The van der Waals surface area contributed by atoms with E-state index in [0.29, 0.717) is 23.2 Å². The topological polar surface area (TPSA) is 83.4 Å². The number of aromatic nitrogens is 2. The first-order valence-corrected chi connectivity index (χ1v) is 7.02. The Morgan fingerprint density at radius 3 is 2.43 bits per heavy atom. The fourth-order valence-electron chi connectivity index (χ4n) is 2.70. The number of hydrogen-bond donors (Lipinski definition) is 1. The van der Waals surface area contributed by atoms with Gasteiger partial charge in [0, 0.05) is 23.6 Å². The number of nitrogens with zero attached hydrogens (tertiary/aromatic N) is 2. The molecule has 6 nitrogen and oxygen atoms in total. The van der Waals surface area contributed by atoms with Crippen molar-refractivity contribution < 1.29 is 14.0 Å². The van der Waals surface area contributed by atoms with Crippen molar-refractivity contribution in [2.24, 2.45) is 5.73 Å². The van der Waals surface area contributed by atoms with Crippen LogP contribution in [0.2, 0.25) is 0 Å². The normalized spacial score (nSPS) is 21.5. The molecule has 21 heavy (non-hydrogen) atoms. The molecule has 2 atom stereocenters. The lowest BCUT2D eigenvalue weighted by Gasteiger charge is -2.05. The van der Waals surface area contributed by atoms with Gasteiger partial charge < -0.3 is 19.7 Å². The van der Waals surface area contributed by atoms with Crippen molar-refractivity contribution >= 4 is 0 Å². The van der Waals surface area contributed by atoms with Gasteiger partial charge in [0.2, 0.25) is 11.7 Å². The number of methoxy groups -OCH3 is 2. The Morgan fingerprint density at radius 2 is 1.86 bits per heavy atom. The van der Waals surface area contributed by atoms with Crippen molar-refractivity contribution in [2.45, 2.75) is 31.2 Å². The van der Waals surface area contributed by atoms with Crippen LogP contribution in [0, 0.1) is 0 Å². The molecule has 0 bridgehead atoms. The number of ether oxygens (including phenoxy) is 2. The summed E-state index contributed by atoms with van der Waals surface area (Å²) in [5.74, 6) is 2.87. The molecule has 0 aliphatic heterocycles. The smallest absolute Gasteiger partial charge is 0.230 e. The molecular formula is C15H19N3O3. The maximum absolute atomic E-state index is 5.93. The molecule has 0 radical (unpaired) electrons. The monoisotopic (exact) mass is 289 g/mol. The van der Waals surface area contributed by atoms with Gasteiger partial charge in [0.15, 0.2) is 0 Å². The van der Waals surface area contributed by atoms with Gasteiger partial charge in [-0.15, -0.1) is 0 Å². The van der Waals surface area contributed by atoms with Gasteiger partial charge in [-0.2, -0.15) is 4.98 Å². The summed E-state index contributed by atoms with van der Waals surface area (Å²) in [4.78, 5) is 4.50. The average molecular weight is 289 g/mol. The van der Waals surface area contributed by atoms with Gasteiger partial charge in [-0.3, -0.25) is 0 Å². The Kier molecular flexibility index (Phi) is 3.79. The SMILES string of the molecule is COc1cc(OC)cc(-c2noc([C@@H]3CC[C@H](N)C3)n2)c1. The van der Waals surface area contributed by atoms with Crippen LogP contribution in [0.1, 0.15) is 31.1 Å². The Balaban J connectivity index is 1.89. The summed E-state index contributed by atoms with van der Waals surface area (Å²) in [5.41, 5.74) is 6.74. The molecule has 1 aliphatic rings.